The molecule has 162 valence electrons. The van der Waals surface area contributed by atoms with Gasteiger partial charge in [0.2, 0.25) is 15.9 Å². The van der Waals surface area contributed by atoms with E-state index in [4.69, 9.17) is 4.74 Å². The molecule has 2 rings (SSSR count). The Morgan fingerprint density at radius 3 is 2.50 bits per heavy atom. The Morgan fingerprint density at radius 1 is 1.20 bits per heavy atom. The number of nitro benzene ring substituents is 1. The number of hydrogen-bond acceptors (Lipinski definition) is 6. The van der Waals surface area contributed by atoms with Crippen LogP contribution in [-0.2, 0) is 14.8 Å². The van der Waals surface area contributed by atoms with Crippen molar-refractivity contribution in [2.75, 3.05) is 29.5 Å². The fourth-order valence-electron chi connectivity index (χ4n) is 2.96. The van der Waals surface area contributed by atoms with E-state index >= 15 is 0 Å². The average molecular weight is 436 g/mol. The van der Waals surface area contributed by atoms with E-state index in [0.717, 1.165) is 16.1 Å². The SMILES string of the molecule is COc1ccc(C)cc1NC(=O)CCCN(c1cc([N+](=O)[O-])ccc1C)S(C)(=O)=O. The zero-order valence-electron chi connectivity index (χ0n) is 17.3. The Kier molecular flexibility index (Phi) is 7.38. The minimum absolute atomic E-state index is 0.0131. The minimum Gasteiger partial charge on any atom is -0.495 e. The summed E-state index contributed by atoms with van der Waals surface area (Å²) < 4.78 is 30.9. The molecule has 9 nitrogen and oxygen atoms in total. The van der Waals surface area contributed by atoms with E-state index < -0.39 is 14.9 Å². The number of aryl methyl sites for hydroxylation is 2. The van der Waals surface area contributed by atoms with Crippen molar-refractivity contribution in [1.29, 1.82) is 0 Å². The van der Waals surface area contributed by atoms with Crippen molar-refractivity contribution in [1.82, 2.24) is 0 Å². The maximum atomic E-state index is 12.3. The lowest BCUT2D eigenvalue weighted by Crippen LogP contribution is -2.32. The molecule has 0 radical (unpaired) electrons. The van der Waals surface area contributed by atoms with Crippen molar-refractivity contribution in [2.45, 2.75) is 26.7 Å². The van der Waals surface area contributed by atoms with Crippen LogP contribution < -0.4 is 14.4 Å². The number of carbonyl (C=O) groups excluding carboxylic acids is 1. The van der Waals surface area contributed by atoms with Crippen LogP contribution in [0, 0.1) is 24.0 Å². The molecule has 1 amide bonds. The van der Waals surface area contributed by atoms with Gasteiger partial charge >= 0.3 is 0 Å². The van der Waals surface area contributed by atoms with Crippen LogP contribution in [0.2, 0.25) is 0 Å². The van der Waals surface area contributed by atoms with Crippen molar-refractivity contribution >= 4 is 33.0 Å². The van der Waals surface area contributed by atoms with Gasteiger partial charge in [-0.05, 0) is 43.5 Å². The first kappa shape index (κ1) is 23.1. The first-order valence-electron chi connectivity index (χ1n) is 9.20. The molecule has 0 bridgehead atoms. The van der Waals surface area contributed by atoms with Crippen LogP contribution in [-0.4, -0.2) is 39.2 Å². The smallest absolute Gasteiger partial charge is 0.271 e. The molecule has 0 fully saturated rings. The van der Waals surface area contributed by atoms with E-state index in [0.29, 0.717) is 17.0 Å². The van der Waals surface area contributed by atoms with Gasteiger partial charge in [-0.1, -0.05) is 12.1 Å². The largest absolute Gasteiger partial charge is 0.495 e. The van der Waals surface area contributed by atoms with Crippen molar-refractivity contribution < 1.29 is 22.9 Å². The van der Waals surface area contributed by atoms with Gasteiger partial charge in [-0.25, -0.2) is 8.42 Å². The minimum atomic E-state index is -3.70. The summed E-state index contributed by atoms with van der Waals surface area (Å²) >= 11 is 0. The van der Waals surface area contributed by atoms with Crippen molar-refractivity contribution in [3.8, 4) is 5.75 Å². The number of nitrogens with zero attached hydrogens (tertiary/aromatic N) is 2. The third-order valence-corrected chi connectivity index (χ3v) is 5.65. The molecule has 0 aliphatic heterocycles. The molecule has 2 aromatic rings. The number of carbonyl (C=O) groups is 1. The Morgan fingerprint density at radius 2 is 1.90 bits per heavy atom. The summed E-state index contributed by atoms with van der Waals surface area (Å²) in [6.45, 7) is 3.58. The normalized spacial score (nSPS) is 11.1. The average Bonchev–Trinajstić information content (AvgIpc) is 2.65. The molecule has 30 heavy (non-hydrogen) atoms. The lowest BCUT2D eigenvalue weighted by atomic mass is 10.1. The molecule has 0 aliphatic rings. The third kappa shape index (κ3) is 5.93. The highest BCUT2D eigenvalue weighted by molar-refractivity contribution is 7.92. The second-order valence-electron chi connectivity index (χ2n) is 6.92. The highest BCUT2D eigenvalue weighted by atomic mass is 32.2. The topological polar surface area (TPSA) is 119 Å². The molecule has 0 atom stereocenters. The lowest BCUT2D eigenvalue weighted by Gasteiger charge is -2.24. The molecule has 0 aliphatic carbocycles. The number of sulfonamides is 1. The van der Waals surface area contributed by atoms with Gasteiger partial charge in [0.1, 0.15) is 5.75 Å². The Labute approximate surface area is 175 Å². The first-order valence-corrected chi connectivity index (χ1v) is 11.0. The zero-order chi connectivity index (χ0) is 22.5. The fourth-order valence-corrected chi connectivity index (χ4v) is 3.98. The van der Waals surface area contributed by atoms with Gasteiger partial charge in [0.05, 0.1) is 29.7 Å². The number of hydrogen-bond donors (Lipinski definition) is 1. The fraction of sp³-hybridized carbons (Fsp3) is 0.350. The molecule has 0 heterocycles. The number of nitrogens with one attached hydrogen (secondary N) is 1. The molecular weight excluding hydrogens is 410 g/mol. The summed E-state index contributed by atoms with van der Waals surface area (Å²) in [5.74, 6) is 0.238. The van der Waals surface area contributed by atoms with Gasteiger partial charge in [0.15, 0.2) is 0 Å². The van der Waals surface area contributed by atoms with Gasteiger partial charge in [-0.2, -0.15) is 0 Å². The number of rotatable bonds is 9. The van der Waals surface area contributed by atoms with Crippen molar-refractivity contribution in [3.63, 3.8) is 0 Å². The number of methoxy groups -OCH3 is 1. The van der Waals surface area contributed by atoms with Crippen LogP contribution in [0.1, 0.15) is 24.0 Å². The van der Waals surface area contributed by atoms with Crippen LogP contribution in [0.3, 0.4) is 0 Å². The van der Waals surface area contributed by atoms with Gasteiger partial charge < -0.3 is 10.1 Å². The summed E-state index contributed by atoms with van der Waals surface area (Å²) in [6.07, 6.45) is 1.33. The molecule has 0 spiro atoms. The highest BCUT2D eigenvalue weighted by Crippen LogP contribution is 2.28. The monoisotopic (exact) mass is 435 g/mol. The van der Waals surface area contributed by atoms with Crippen LogP contribution >= 0.6 is 0 Å². The number of amides is 1. The van der Waals surface area contributed by atoms with Crippen LogP contribution in [0.15, 0.2) is 36.4 Å². The summed E-state index contributed by atoms with van der Waals surface area (Å²) in [7, 11) is -2.19. The second-order valence-corrected chi connectivity index (χ2v) is 8.83. The maximum absolute atomic E-state index is 12.3. The van der Waals surface area contributed by atoms with E-state index in [1.54, 1.807) is 19.1 Å². The zero-order valence-corrected chi connectivity index (χ0v) is 18.2. The predicted molar refractivity (Wildman–Crippen MR) is 116 cm³/mol. The van der Waals surface area contributed by atoms with E-state index in [1.807, 2.05) is 13.0 Å². The number of non-ortho nitro benzene ring substituents is 1. The predicted octanol–water partition coefficient (Wildman–Crippen LogP) is 3.41. The summed E-state index contributed by atoms with van der Waals surface area (Å²) in [5.41, 5.74) is 2.11. The summed E-state index contributed by atoms with van der Waals surface area (Å²) in [5, 5.41) is 13.8. The molecule has 2 aromatic carbocycles. The molecule has 0 unspecified atom stereocenters. The molecule has 10 heteroatoms. The number of ether oxygens (including phenoxy) is 1. The van der Waals surface area contributed by atoms with Crippen molar-refractivity contribution in [3.05, 3.63) is 57.6 Å². The molecule has 0 saturated carbocycles. The van der Waals surface area contributed by atoms with E-state index in [9.17, 15) is 23.3 Å². The third-order valence-electron chi connectivity index (χ3n) is 4.47. The van der Waals surface area contributed by atoms with E-state index in [2.05, 4.69) is 5.32 Å². The van der Waals surface area contributed by atoms with E-state index in [1.165, 1.54) is 25.3 Å². The molecule has 0 saturated heterocycles. The number of nitro groups is 1. The number of benzene rings is 2. The molecular formula is C20H25N3O6S. The van der Waals surface area contributed by atoms with Crippen molar-refractivity contribution in [2.24, 2.45) is 0 Å². The lowest BCUT2D eigenvalue weighted by molar-refractivity contribution is -0.384. The number of anilines is 2. The van der Waals surface area contributed by atoms with Gasteiger partial charge in [-0.15, -0.1) is 0 Å². The summed E-state index contributed by atoms with van der Waals surface area (Å²) in [4.78, 5) is 22.8. The molecule has 1 N–H and O–H groups in total. The quantitative estimate of drug-likeness (QED) is 0.476. The van der Waals surface area contributed by atoms with E-state index in [-0.39, 0.29) is 36.7 Å². The first-order chi connectivity index (χ1) is 14.0. The van der Waals surface area contributed by atoms with Gasteiger partial charge in [-0.3, -0.25) is 19.2 Å². The summed E-state index contributed by atoms with van der Waals surface area (Å²) in [6, 6.07) is 9.45. The van der Waals surface area contributed by atoms with Gasteiger partial charge in [0.25, 0.3) is 5.69 Å². The second kappa shape index (κ2) is 9.57. The highest BCUT2D eigenvalue weighted by Gasteiger charge is 2.22. The van der Waals surface area contributed by atoms with Crippen LogP contribution in [0.4, 0.5) is 17.1 Å². The standard InChI is InChI=1S/C20H25N3O6S/c1-14-7-10-19(29-3)17(12-14)21-20(24)6-5-11-22(30(4,27)28)18-13-16(23(25)26)9-8-15(18)2/h7-10,12-13H,5-6,11H2,1-4H3,(H,21,24). The van der Waals surface area contributed by atoms with Crippen LogP contribution in [0.25, 0.3) is 0 Å². The Bertz CT molecular complexity index is 1050. The van der Waals surface area contributed by atoms with Gasteiger partial charge in [0, 0.05) is 25.1 Å². The Balaban J connectivity index is 2.12. The molecule has 0 aromatic heterocycles. The maximum Gasteiger partial charge on any atom is 0.271 e. The van der Waals surface area contributed by atoms with Crippen LogP contribution in [0.5, 0.6) is 5.75 Å². The Hall–Kier alpha value is -3.14.